The van der Waals surface area contributed by atoms with E-state index >= 15 is 0 Å². The lowest BCUT2D eigenvalue weighted by Gasteiger charge is -2.18. The number of amides is 1. The second kappa shape index (κ2) is 10.4. The van der Waals surface area contributed by atoms with Crippen LogP contribution in [0.3, 0.4) is 0 Å². The summed E-state index contributed by atoms with van der Waals surface area (Å²) in [5.41, 5.74) is 2.47. The molecule has 5 rings (SSSR count). The minimum absolute atomic E-state index is 0.0381. The molecular formula is C24H27FN6O3S. The van der Waals surface area contributed by atoms with Gasteiger partial charge in [0.25, 0.3) is 0 Å². The third-order valence-corrected chi connectivity index (χ3v) is 7.40. The maximum absolute atomic E-state index is 14.6. The number of aromatic nitrogens is 3. The lowest BCUT2D eigenvalue weighted by atomic mass is 10.1. The van der Waals surface area contributed by atoms with Crippen LogP contribution in [-0.4, -0.2) is 76.0 Å². The van der Waals surface area contributed by atoms with E-state index < -0.39 is 6.10 Å². The normalized spacial score (nSPS) is 20.1. The highest BCUT2D eigenvalue weighted by molar-refractivity contribution is 8.00. The average Bonchev–Trinajstić information content (AvgIpc) is 3.21. The maximum Gasteiger partial charge on any atom is 0.235 e. The number of hydrogen-bond acceptors (Lipinski definition) is 9. The van der Waals surface area contributed by atoms with Crippen LogP contribution in [-0.2, 0) is 17.8 Å². The molecule has 2 aliphatic rings. The van der Waals surface area contributed by atoms with Gasteiger partial charge < -0.3 is 25.4 Å². The molecule has 9 nitrogen and oxygen atoms in total. The van der Waals surface area contributed by atoms with Crippen molar-refractivity contribution in [1.82, 2.24) is 25.2 Å². The number of aliphatic hydroxyl groups excluding tert-OH is 1. The van der Waals surface area contributed by atoms with Gasteiger partial charge in [0.15, 0.2) is 0 Å². The van der Waals surface area contributed by atoms with Crippen LogP contribution in [0.15, 0.2) is 35.4 Å². The van der Waals surface area contributed by atoms with Crippen molar-refractivity contribution >= 4 is 34.5 Å². The highest BCUT2D eigenvalue weighted by Gasteiger charge is 2.31. The zero-order chi connectivity index (χ0) is 24.4. The fourth-order valence-electron chi connectivity index (χ4n) is 4.51. The molecule has 184 valence electrons. The molecule has 0 bridgehead atoms. The first-order chi connectivity index (χ1) is 17.0. The SMILES string of the molecule is COc1ccc2ncc(F)c(CCN3C[C@@H](CNCc4ccc5c(n4)NC(=O)CS5)[C@H](O)C3)c2n1. The van der Waals surface area contributed by atoms with Gasteiger partial charge >= 0.3 is 0 Å². The number of hydrogen-bond donors (Lipinski definition) is 3. The van der Waals surface area contributed by atoms with Crippen LogP contribution in [0.25, 0.3) is 11.0 Å². The van der Waals surface area contributed by atoms with Crippen LogP contribution in [0.1, 0.15) is 11.3 Å². The lowest BCUT2D eigenvalue weighted by Crippen LogP contribution is -2.30. The average molecular weight is 499 g/mol. The van der Waals surface area contributed by atoms with Gasteiger partial charge in [0.05, 0.1) is 46.8 Å². The Hall–Kier alpha value is -2.86. The van der Waals surface area contributed by atoms with Crippen LogP contribution in [0.5, 0.6) is 5.88 Å². The zero-order valence-electron chi connectivity index (χ0n) is 19.3. The van der Waals surface area contributed by atoms with Crippen LogP contribution in [0.2, 0.25) is 0 Å². The molecule has 0 spiro atoms. The summed E-state index contributed by atoms with van der Waals surface area (Å²) < 4.78 is 19.8. The number of ether oxygens (including phenoxy) is 1. The minimum Gasteiger partial charge on any atom is -0.481 e. The van der Waals surface area contributed by atoms with Crippen LogP contribution in [0.4, 0.5) is 10.2 Å². The lowest BCUT2D eigenvalue weighted by molar-refractivity contribution is -0.113. The van der Waals surface area contributed by atoms with Crippen molar-refractivity contribution in [3.8, 4) is 5.88 Å². The minimum atomic E-state index is -0.466. The Balaban J connectivity index is 1.15. The van der Waals surface area contributed by atoms with Crippen LogP contribution in [0, 0.1) is 11.7 Å². The molecule has 3 aromatic heterocycles. The van der Waals surface area contributed by atoms with Gasteiger partial charge in [-0.2, -0.15) is 0 Å². The van der Waals surface area contributed by atoms with Crippen LogP contribution < -0.4 is 15.4 Å². The topological polar surface area (TPSA) is 112 Å². The fraction of sp³-hybridized carbons (Fsp3) is 0.417. The summed E-state index contributed by atoms with van der Waals surface area (Å²) in [4.78, 5) is 27.8. The summed E-state index contributed by atoms with van der Waals surface area (Å²) in [6, 6.07) is 7.40. The van der Waals surface area contributed by atoms with Crippen molar-refractivity contribution in [2.45, 2.75) is 24.0 Å². The molecule has 3 N–H and O–H groups in total. The standard InChI is InChI=1S/C24H27FN6O3S/c1-34-22-5-3-18-23(30-22)16(17(25)10-27-18)6-7-31-11-14(19(32)12-31)8-26-9-15-2-4-20-24(28-15)29-21(33)13-35-20/h2-5,10,14,19,26,32H,6-9,11-13H2,1H3,(H,28,29,33)/t14-,19-/m1/s1. The van der Waals surface area contributed by atoms with E-state index in [2.05, 4.69) is 30.5 Å². The van der Waals surface area contributed by atoms with Gasteiger partial charge in [-0.3, -0.25) is 9.78 Å². The van der Waals surface area contributed by atoms with E-state index in [-0.39, 0.29) is 17.6 Å². The molecule has 2 aliphatic heterocycles. The molecule has 11 heteroatoms. The Bertz CT molecular complexity index is 1250. The molecule has 0 saturated carbocycles. The maximum atomic E-state index is 14.6. The molecular weight excluding hydrogens is 471 g/mol. The number of carbonyl (C=O) groups is 1. The number of rotatable bonds is 8. The van der Waals surface area contributed by atoms with E-state index in [0.29, 0.717) is 73.2 Å². The monoisotopic (exact) mass is 498 g/mol. The number of carbonyl (C=O) groups excluding carboxylic acids is 1. The van der Waals surface area contributed by atoms with E-state index in [9.17, 15) is 14.3 Å². The molecule has 3 aromatic rings. The molecule has 1 fully saturated rings. The molecule has 0 aliphatic carbocycles. The molecule has 5 heterocycles. The molecule has 0 aromatic carbocycles. The van der Waals surface area contributed by atoms with Gasteiger partial charge in [0.2, 0.25) is 11.8 Å². The first-order valence-electron chi connectivity index (χ1n) is 11.5. The largest absolute Gasteiger partial charge is 0.481 e. The van der Waals surface area contributed by atoms with Crippen molar-refractivity contribution in [2.75, 3.05) is 44.4 Å². The zero-order valence-corrected chi connectivity index (χ0v) is 20.1. The number of aliphatic hydroxyl groups is 1. The van der Waals surface area contributed by atoms with Crippen molar-refractivity contribution in [3.63, 3.8) is 0 Å². The van der Waals surface area contributed by atoms with Gasteiger partial charge in [0.1, 0.15) is 11.6 Å². The van der Waals surface area contributed by atoms with E-state index in [0.717, 1.165) is 10.6 Å². The van der Waals surface area contributed by atoms with Gasteiger partial charge in [-0.15, -0.1) is 11.8 Å². The van der Waals surface area contributed by atoms with Crippen molar-refractivity contribution in [2.24, 2.45) is 5.92 Å². The number of nitrogens with one attached hydrogen (secondary N) is 2. The number of thioether (sulfide) groups is 1. The molecule has 35 heavy (non-hydrogen) atoms. The highest BCUT2D eigenvalue weighted by atomic mass is 32.2. The smallest absolute Gasteiger partial charge is 0.235 e. The van der Waals surface area contributed by atoms with Crippen LogP contribution >= 0.6 is 11.8 Å². The molecule has 1 saturated heterocycles. The Morgan fingerprint density at radius 3 is 3.03 bits per heavy atom. The Labute approximate surface area is 206 Å². The van der Waals surface area contributed by atoms with Crippen molar-refractivity contribution in [3.05, 3.63) is 47.5 Å². The Morgan fingerprint density at radius 1 is 1.29 bits per heavy atom. The molecule has 0 unspecified atom stereocenters. The Kier molecular flexibility index (Phi) is 7.09. The van der Waals surface area contributed by atoms with E-state index in [1.165, 1.54) is 25.1 Å². The number of anilines is 1. The van der Waals surface area contributed by atoms with Gasteiger partial charge in [-0.1, -0.05) is 0 Å². The third kappa shape index (κ3) is 5.37. The quantitative estimate of drug-likeness (QED) is 0.428. The van der Waals surface area contributed by atoms with E-state index in [4.69, 9.17) is 4.74 Å². The first kappa shape index (κ1) is 23.9. The highest BCUT2D eigenvalue weighted by Crippen LogP contribution is 2.29. The molecule has 1 amide bonds. The van der Waals surface area contributed by atoms with Crippen molar-refractivity contribution < 1.29 is 19.0 Å². The van der Waals surface area contributed by atoms with Gasteiger partial charge in [-0.25, -0.2) is 14.4 Å². The third-order valence-electron chi connectivity index (χ3n) is 6.35. The summed E-state index contributed by atoms with van der Waals surface area (Å²) in [6.45, 7) is 3.02. The number of pyridine rings is 3. The Morgan fingerprint density at radius 2 is 2.17 bits per heavy atom. The summed E-state index contributed by atoms with van der Waals surface area (Å²) in [5.74, 6) is 1.08. The van der Waals surface area contributed by atoms with E-state index in [1.54, 1.807) is 12.1 Å². The fourth-order valence-corrected chi connectivity index (χ4v) is 5.27. The molecule has 2 atom stereocenters. The summed E-state index contributed by atoms with van der Waals surface area (Å²) in [5, 5.41) is 16.8. The number of β-amino-alcohol motifs (C(OH)–C–C–N with tert-alkyl or cyclic N) is 1. The number of nitrogens with zero attached hydrogens (tertiary/aromatic N) is 4. The summed E-state index contributed by atoms with van der Waals surface area (Å²) in [6.07, 6.45) is 1.23. The summed E-state index contributed by atoms with van der Waals surface area (Å²) in [7, 11) is 1.53. The summed E-state index contributed by atoms with van der Waals surface area (Å²) >= 11 is 1.49. The molecule has 0 radical (unpaired) electrons. The second-order valence-electron chi connectivity index (χ2n) is 8.76. The predicted octanol–water partition coefficient (Wildman–Crippen LogP) is 1.84. The predicted molar refractivity (Wildman–Crippen MR) is 131 cm³/mol. The van der Waals surface area contributed by atoms with Gasteiger partial charge in [-0.05, 0) is 24.6 Å². The number of fused-ring (bicyclic) bond motifs is 2. The number of likely N-dealkylation sites (tertiary alicyclic amines) is 1. The number of methoxy groups -OCH3 is 1. The van der Waals surface area contributed by atoms with E-state index in [1.807, 2.05) is 12.1 Å². The van der Waals surface area contributed by atoms with Gasteiger partial charge in [0, 0.05) is 50.3 Å². The first-order valence-corrected chi connectivity index (χ1v) is 12.5. The van der Waals surface area contributed by atoms with Crippen molar-refractivity contribution in [1.29, 1.82) is 0 Å². The number of halogens is 1. The second-order valence-corrected chi connectivity index (χ2v) is 9.78.